The molecule has 0 N–H and O–H groups in total. The summed E-state index contributed by atoms with van der Waals surface area (Å²) < 4.78 is 41.6. The molecule has 2 aromatic carbocycles. The molecule has 0 saturated carbocycles. The molecule has 1 aliphatic carbocycles. The second-order valence-electron chi connectivity index (χ2n) is 5.79. The summed E-state index contributed by atoms with van der Waals surface area (Å²) in [7, 11) is -5.16. The highest BCUT2D eigenvalue weighted by molar-refractivity contribution is 7.81. The van der Waals surface area contributed by atoms with Gasteiger partial charge in [-0.1, -0.05) is 64.5 Å². The van der Waals surface area contributed by atoms with Gasteiger partial charge in [0.05, 0.1) is 5.70 Å². The molecule has 2 aromatic rings. The molecule has 132 valence electrons. The van der Waals surface area contributed by atoms with E-state index in [-0.39, 0.29) is 0 Å². The maximum Gasteiger partial charge on any atom is 0.439 e. The van der Waals surface area contributed by atoms with Crippen molar-refractivity contribution in [2.24, 2.45) is 0 Å². The first-order valence-corrected chi connectivity index (χ1v) is 9.51. The number of halogens is 1. The molecule has 0 radical (unpaired) electrons. The lowest BCUT2D eigenvalue weighted by molar-refractivity contribution is 0.170. The van der Waals surface area contributed by atoms with E-state index in [4.69, 9.17) is 4.18 Å². The highest BCUT2D eigenvalue weighted by Crippen LogP contribution is 2.62. The van der Waals surface area contributed by atoms with Gasteiger partial charge in [0.25, 0.3) is 0 Å². The van der Waals surface area contributed by atoms with Gasteiger partial charge in [-0.05, 0) is 25.0 Å². The summed E-state index contributed by atoms with van der Waals surface area (Å²) in [5.41, 5.74) is 1.37. The summed E-state index contributed by atoms with van der Waals surface area (Å²) >= 11 is 0. The van der Waals surface area contributed by atoms with E-state index in [1.54, 1.807) is 24.3 Å². The van der Waals surface area contributed by atoms with Crippen molar-refractivity contribution in [2.75, 3.05) is 13.1 Å². The van der Waals surface area contributed by atoms with E-state index in [9.17, 15) is 12.3 Å². The Balaban J connectivity index is 2.20. The minimum Gasteiger partial charge on any atom is -0.372 e. The molecule has 0 bridgehead atoms. The Bertz CT molecular complexity index is 877. The summed E-state index contributed by atoms with van der Waals surface area (Å²) in [5.74, 6) is 0. The van der Waals surface area contributed by atoms with Gasteiger partial charge < -0.3 is 4.90 Å². The predicted octanol–water partition coefficient (Wildman–Crippen LogP) is 3.88. The van der Waals surface area contributed by atoms with Crippen molar-refractivity contribution in [2.45, 2.75) is 19.4 Å². The van der Waals surface area contributed by atoms with Crippen LogP contribution in [0.5, 0.6) is 0 Å². The van der Waals surface area contributed by atoms with E-state index in [1.807, 2.05) is 55.1 Å². The van der Waals surface area contributed by atoms with E-state index < -0.39 is 16.1 Å². The Hall–Kier alpha value is -2.18. The quantitative estimate of drug-likeness (QED) is 0.702. The Morgan fingerprint density at radius 3 is 1.96 bits per heavy atom. The van der Waals surface area contributed by atoms with E-state index in [2.05, 4.69) is 0 Å². The van der Waals surface area contributed by atoms with Gasteiger partial charge in [-0.2, -0.15) is 8.42 Å². The summed E-state index contributed by atoms with van der Waals surface area (Å²) in [4.78, 5) is 2.00. The van der Waals surface area contributed by atoms with Crippen LogP contribution in [0.4, 0.5) is 3.89 Å². The first-order valence-electron chi connectivity index (χ1n) is 8.20. The summed E-state index contributed by atoms with van der Waals surface area (Å²) in [6.07, 6.45) is 0. The maximum absolute atomic E-state index is 13.6. The summed E-state index contributed by atoms with van der Waals surface area (Å²) in [6.45, 7) is 5.26. The summed E-state index contributed by atoms with van der Waals surface area (Å²) in [5, 5.41) is 0. The smallest absolute Gasteiger partial charge is 0.372 e. The molecule has 0 fully saturated rings. The van der Waals surface area contributed by atoms with Crippen molar-refractivity contribution in [1.82, 2.24) is 4.90 Å². The molecule has 0 spiro atoms. The van der Waals surface area contributed by atoms with Gasteiger partial charge in [-0.25, -0.2) is 4.18 Å². The molecule has 3 rings (SSSR count). The van der Waals surface area contributed by atoms with E-state index >= 15 is 0 Å². The topological polar surface area (TPSA) is 46.6 Å². The Morgan fingerprint density at radius 2 is 1.48 bits per heavy atom. The third-order valence-corrected chi connectivity index (χ3v) is 4.86. The Morgan fingerprint density at radius 1 is 0.960 bits per heavy atom. The zero-order valence-electron chi connectivity index (χ0n) is 14.1. The van der Waals surface area contributed by atoms with Gasteiger partial charge in [0.1, 0.15) is 0 Å². The van der Waals surface area contributed by atoms with Crippen molar-refractivity contribution in [3.8, 4) is 0 Å². The largest absolute Gasteiger partial charge is 0.439 e. The molecule has 0 aliphatic heterocycles. The lowest BCUT2D eigenvalue weighted by atomic mass is 9.99. The number of rotatable bonds is 7. The fourth-order valence-electron chi connectivity index (χ4n) is 3.35. The normalized spacial score (nSPS) is 19.8. The molecule has 0 amide bonds. The lowest BCUT2D eigenvalue weighted by Gasteiger charge is -2.25. The average Bonchev–Trinajstić information content (AvgIpc) is 3.25. The first kappa shape index (κ1) is 17.6. The van der Waals surface area contributed by atoms with Crippen LogP contribution in [0.15, 0.2) is 66.4 Å². The summed E-state index contributed by atoms with van der Waals surface area (Å²) in [6, 6.07) is 18.2. The molecule has 0 heterocycles. The van der Waals surface area contributed by atoms with Gasteiger partial charge in [0.2, 0.25) is 0 Å². The number of likely N-dealkylation sites (N-methyl/N-ethyl adjacent to an activating group) is 1. The monoisotopic (exact) mass is 361 g/mol. The average molecular weight is 361 g/mol. The molecular formula is C19H20FNO3S. The van der Waals surface area contributed by atoms with Crippen molar-refractivity contribution < 1.29 is 16.5 Å². The molecule has 0 saturated heterocycles. The first-order chi connectivity index (χ1) is 11.9. The second-order valence-corrected chi connectivity index (χ2v) is 6.74. The Labute approximate surface area is 148 Å². The van der Waals surface area contributed by atoms with Crippen LogP contribution in [0.2, 0.25) is 0 Å². The third kappa shape index (κ3) is 3.19. The molecule has 4 nitrogen and oxygen atoms in total. The van der Waals surface area contributed by atoms with Crippen LogP contribution in [-0.4, -0.2) is 26.4 Å². The molecule has 6 heteroatoms. The van der Waals surface area contributed by atoms with Gasteiger partial charge in [0, 0.05) is 18.7 Å². The minimum absolute atomic E-state index is 0.594. The second kappa shape index (κ2) is 6.61. The molecule has 1 atom stereocenters. The molecule has 1 unspecified atom stereocenters. The van der Waals surface area contributed by atoms with Gasteiger partial charge >= 0.3 is 10.5 Å². The zero-order valence-corrected chi connectivity index (χ0v) is 15.0. The molecule has 25 heavy (non-hydrogen) atoms. The van der Waals surface area contributed by atoms with E-state index in [0.29, 0.717) is 29.9 Å². The standard InChI is InChI=1S/C19H20FNO3S/c1-3-21(4-2)18-17(15-11-7-5-8-12-15)19(18,24-25(20,22)23)16-13-9-6-10-14-16/h5-14H,3-4H2,1-2H3. The number of hydrogen-bond donors (Lipinski definition) is 0. The highest BCUT2D eigenvalue weighted by Gasteiger charge is 2.61. The van der Waals surface area contributed by atoms with Gasteiger partial charge in [-0.15, -0.1) is 0 Å². The lowest BCUT2D eigenvalue weighted by Crippen LogP contribution is -2.29. The van der Waals surface area contributed by atoms with Crippen LogP contribution in [0.1, 0.15) is 25.0 Å². The molecular weight excluding hydrogens is 341 g/mol. The van der Waals surface area contributed by atoms with Crippen molar-refractivity contribution in [3.63, 3.8) is 0 Å². The van der Waals surface area contributed by atoms with Crippen LogP contribution in [0.25, 0.3) is 5.57 Å². The molecule has 0 aromatic heterocycles. The number of hydrogen-bond acceptors (Lipinski definition) is 4. The highest BCUT2D eigenvalue weighted by atomic mass is 32.3. The SMILES string of the molecule is CCN(CC)C1=C(c2ccccc2)C1(OS(=O)(=O)F)c1ccccc1. The van der Waals surface area contributed by atoms with Crippen molar-refractivity contribution in [1.29, 1.82) is 0 Å². The van der Waals surface area contributed by atoms with E-state index in [0.717, 1.165) is 5.56 Å². The number of nitrogens with zero attached hydrogens (tertiary/aromatic N) is 1. The third-order valence-electron chi connectivity index (χ3n) is 4.41. The van der Waals surface area contributed by atoms with Crippen LogP contribution in [0.3, 0.4) is 0 Å². The zero-order chi connectivity index (χ0) is 18.1. The van der Waals surface area contributed by atoms with Gasteiger partial charge in [0.15, 0.2) is 5.60 Å². The van der Waals surface area contributed by atoms with Crippen LogP contribution < -0.4 is 0 Å². The van der Waals surface area contributed by atoms with Crippen LogP contribution >= 0.6 is 0 Å². The number of benzene rings is 2. The minimum atomic E-state index is -5.16. The maximum atomic E-state index is 13.6. The fraction of sp³-hybridized carbons (Fsp3) is 0.263. The predicted molar refractivity (Wildman–Crippen MR) is 95.5 cm³/mol. The van der Waals surface area contributed by atoms with Crippen molar-refractivity contribution in [3.05, 3.63) is 77.5 Å². The molecule has 1 aliphatic rings. The van der Waals surface area contributed by atoms with Crippen molar-refractivity contribution >= 4 is 16.1 Å². The van der Waals surface area contributed by atoms with E-state index in [1.165, 1.54) is 0 Å². The fourth-order valence-corrected chi connectivity index (χ4v) is 3.91. The van der Waals surface area contributed by atoms with Crippen LogP contribution in [0, 0.1) is 0 Å². The van der Waals surface area contributed by atoms with Gasteiger partial charge in [-0.3, -0.25) is 0 Å². The van der Waals surface area contributed by atoms with Crippen LogP contribution in [-0.2, 0) is 20.3 Å². The Kier molecular flexibility index (Phi) is 4.67.